The van der Waals surface area contributed by atoms with Gasteiger partial charge in [-0.15, -0.1) is 0 Å². The second-order valence-electron chi connectivity index (χ2n) is 4.03. The topological polar surface area (TPSA) is 49.5 Å². The molecule has 0 bridgehead atoms. The van der Waals surface area contributed by atoms with Gasteiger partial charge < -0.3 is 10.8 Å². The van der Waals surface area contributed by atoms with E-state index in [2.05, 4.69) is 18.7 Å². The zero-order chi connectivity index (χ0) is 11.3. The molecule has 3 nitrogen and oxygen atoms in total. The molecule has 0 atom stereocenters. The van der Waals surface area contributed by atoms with Crippen molar-refractivity contribution in [2.75, 3.05) is 18.9 Å². The number of hydrogen-bond donors (Lipinski definition) is 2. The van der Waals surface area contributed by atoms with Gasteiger partial charge in [0.1, 0.15) is 0 Å². The lowest BCUT2D eigenvalue weighted by Gasteiger charge is -2.25. The van der Waals surface area contributed by atoms with E-state index in [9.17, 15) is 0 Å². The summed E-state index contributed by atoms with van der Waals surface area (Å²) in [5, 5.41) is 8.95. The van der Waals surface area contributed by atoms with Gasteiger partial charge in [-0.3, -0.25) is 4.90 Å². The summed E-state index contributed by atoms with van der Waals surface area (Å²) in [6, 6.07) is 8.32. The van der Waals surface area contributed by atoms with Crippen LogP contribution in [0.4, 0.5) is 5.69 Å². The molecule has 0 amide bonds. The number of benzene rings is 1. The molecular weight excluding hydrogens is 188 g/mol. The molecule has 0 fully saturated rings. The summed E-state index contributed by atoms with van der Waals surface area (Å²) in [6.07, 6.45) is 0. The highest BCUT2D eigenvalue weighted by atomic mass is 16.3. The molecule has 0 heterocycles. The number of nitrogen functional groups attached to an aromatic ring is 1. The van der Waals surface area contributed by atoms with Crippen LogP contribution in [0.3, 0.4) is 0 Å². The first-order valence-corrected chi connectivity index (χ1v) is 5.33. The minimum Gasteiger partial charge on any atom is -0.399 e. The maximum absolute atomic E-state index is 8.95. The molecule has 0 spiro atoms. The Morgan fingerprint density at radius 1 is 1.27 bits per heavy atom. The van der Waals surface area contributed by atoms with Gasteiger partial charge in [0, 0.05) is 24.8 Å². The Bertz CT molecular complexity index is 282. The second-order valence-corrected chi connectivity index (χ2v) is 4.03. The Morgan fingerprint density at radius 3 is 2.33 bits per heavy atom. The van der Waals surface area contributed by atoms with E-state index in [1.54, 1.807) is 0 Å². The molecule has 0 aliphatic rings. The van der Waals surface area contributed by atoms with Crippen molar-refractivity contribution in [2.45, 2.75) is 26.4 Å². The van der Waals surface area contributed by atoms with Crippen molar-refractivity contribution in [3.8, 4) is 0 Å². The van der Waals surface area contributed by atoms with Crippen molar-refractivity contribution in [2.24, 2.45) is 0 Å². The lowest BCUT2D eigenvalue weighted by molar-refractivity contribution is 0.159. The van der Waals surface area contributed by atoms with Crippen LogP contribution in [0.2, 0.25) is 0 Å². The number of hydrogen-bond acceptors (Lipinski definition) is 3. The molecule has 0 aliphatic heterocycles. The molecule has 84 valence electrons. The largest absolute Gasteiger partial charge is 0.399 e. The van der Waals surface area contributed by atoms with Crippen molar-refractivity contribution in [3.63, 3.8) is 0 Å². The van der Waals surface area contributed by atoms with Crippen molar-refractivity contribution >= 4 is 5.69 Å². The fourth-order valence-corrected chi connectivity index (χ4v) is 1.51. The van der Waals surface area contributed by atoms with Crippen LogP contribution in [-0.2, 0) is 6.54 Å². The smallest absolute Gasteiger partial charge is 0.0558 e. The van der Waals surface area contributed by atoms with Gasteiger partial charge in [0.15, 0.2) is 0 Å². The first-order valence-electron chi connectivity index (χ1n) is 5.33. The monoisotopic (exact) mass is 208 g/mol. The number of anilines is 1. The van der Waals surface area contributed by atoms with E-state index in [-0.39, 0.29) is 6.61 Å². The van der Waals surface area contributed by atoms with E-state index in [0.717, 1.165) is 12.2 Å². The lowest BCUT2D eigenvalue weighted by atomic mass is 10.2. The third-order valence-corrected chi connectivity index (χ3v) is 2.48. The third kappa shape index (κ3) is 3.90. The van der Waals surface area contributed by atoms with Crippen molar-refractivity contribution in [1.82, 2.24) is 4.90 Å². The number of aliphatic hydroxyl groups excluding tert-OH is 1. The van der Waals surface area contributed by atoms with E-state index in [4.69, 9.17) is 10.8 Å². The molecule has 3 heteroatoms. The lowest BCUT2D eigenvalue weighted by Crippen LogP contribution is -2.32. The van der Waals surface area contributed by atoms with Crippen molar-refractivity contribution in [3.05, 3.63) is 29.8 Å². The number of nitrogens with two attached hydrogens (primary N) is 1. The average Bonchev–Trinajstić information content (AvgIpc) is 2.20. The van der Waals surface area contributed by atoms with Crippen LogP contribution in [0, 0.1) is 0 Å². The Labute approximate surface area is 91.5 Å². The van der Waals surface area contributed by atoms with Crippen LogP contribution in [0.1, 0.15) is 19.4 Å². The van der Waals surface area contributed by atoms with Crippen LogP contribution in [0.15, 0.2) is 24.3 Å². The maximum Gasteiger partial charge on any atom is 0.0558 e. The highest BCUT2D eigenvalue weighted by Gasteiger charge is 2.08. The molecule has 0 saturated heterocycles. The number of nitrogens with zero attached hydrogens (tertiary/aromatic N) is 1. The zero-order valence-corrected chi connectivity index (χ0v) is 9.48. The number of aliphatic hydroxyl groups is 1. The zero-order valence-electron chi connectivity index (χ0n) is 9.48. The highest BCUT2D eigenvalue weighted by Crippen LogP contribution is 2.10. The highest BCUT2D eigenvalue weighted by molar-refractivity contribution is 5.39. The van der Waals surface area contributed by atoms with Gasteiger partial charge in [-0.2, -0.15) is 0 Å². The molecule has 3 N–H and O–H groups in total. The molecule has 1 aromatic carbocycles. The predicted molar refractivity (Wildman–Crippen MR) is 63.5 cm³/mol. The summed E-state index contributed by atoms with van der Waals surface area (Å²) in [5.74, 6) is 0. The van der Waals surface area contributed by atoms with Crippen LogP contribution in [0.5, 0.6) is 0 Å². The minimum absolute atomic E-state index is 0.202. The van der Waals surface area contributed by atoms with Gasteiger partial charge in [0.05, 0.1) is 6.61 Å². The molecule has 0 aromatic heterocycles. The van der Waals surface area contributed by atoms with Gasteiger partial charge in [0.2, 0.25) is 0 Å². The molecular formula is C12H20N2O. The first-order chi connectivity index (χ1) is 7.13. The summed E-state index contributed by atoms with van der Waals surface area (Å²) in [4.78, 5) is 2.23. The van der Waals surface area contributed by atoms with Crippen LogP contribution < -0.4 is 5.73 Å². The maximum atomic E-state index is 8.95. The van der Waals surface area contributed by atoms with Gasteiger partial charge in [-0.05, 0) is 31.5 Å². The first kappa shape index (κ1) is 12.0. The fraction of sp³-hybridized carbons (Fsp3) is 0.500. The van der Waals surface area contributed by atoms with Gasteiger partial charge in [-0.25, -0.2) is 0 Å². The molecule has 1 aromatic rings. The summed E-state index contributed by atoms with van der Waals surface area (Å²) in [6.45, 7) is 6.04. The Balaban J connectivity index is 2.61. The van der Waals surface area contributed by atoms with Crippen LogP contribution in [0.25, 0.3) is 0 Å². The summed E-state index contributed by atoms with van der Waals surface area (Å²) in [7, 11) is 0. The SMILES string of the molecule is CC(C)N(CCO)Cc1ccc(N)cc1. The Morgan fingerprint density at radius 2 is 1.87 bits per heavy atom. The summed E-state index contributed by atoms with van der Waals surface area (Å²) in [5.41, 5.74) is 7.64. The molecule has 0 unspecified atom stereocenters. The minimum atomic E-state index is 0.202. The fourth-order valence-electron chi connectivity index (χ4n) is 1.51. The standard InChI is InChI=1S/C12H20N2O/c1-10(2)14(7-8-15)9-11-3-5-12(13)6-4-11/h3-6,10,15H,7-9,13H2,1-2H3. The van der Waals surface area contributed by atoms with E-state index < -0.39 is 0 Å². The van der Waals surface area contributed by atoms with E-state index in [1.807, 2.05) is 24.3 Å². The Kier molecular flexibility index (Phi) is 4.59. The molecule has 0 radical (unpaired) electrons. The Hall–Kier alpha value is -1.06. The van der Waals surface area contributed by atoms with Crippen molar-refractivity contribution < 1.29 is 5.11 Å². The van der Waals surface area contributed by atoms with E-state index in [1.165, 1.54) is 5.56 Å². The quantitative estimate of drug-likeness (QED) is 0.720. The van der Waals surface area contributed by atoms with E-state index in [0.29, 0.717) is 12.6 Å². The van der Waals surface area contributed by atoms with Gasteiger partial charge in [0.25, 0.3) is 0 Å². The van der Waals surface area contributed by atoms with Crippen LogP contribution >= 0.6 is 0 Å². The normalized spacial score (nSPS) is 11.3. The van der Waals surface area contributed by atoms with Crippen molar-refractivity contribution in [1.29, 1.82) is 0 Å². The second kappa shape index (κ2) is 5.73. The molecule has 1 rings (SSSR count). The molecule has 0 saturated carbocycles. The van der Waals surface area contributed by atoms with Crippen LogP contribution in [-0.4, -0.2) is 29.2 Å². The van der Waals surface area contributed by atoms with Gasteiger partial charge >= 0.3 is 0 Å². The molecule has 15 heavy (non-hydrogen) atoms. The summed E-state index contributed by atoms with van der Waals surface area (Å²) >= 11 is 0. The third-order valence-electron chi connectivity index (χ3n) is 2.48. The molecule has 0 aliphatic carbocycles. The average molecular weight is 208 g/mol. The predicted octanol–water partition coefficient (Wildman–Crippen LogP) is 1.47. The van der Waals surface area contributed by atoms with E-state index >= 15 is 0 Å². The summed E-state index contributed by atoms with van der Waals surface area (Å²) < 4.78 is 0. The van der Waals surface area contributed by atoms with Gasteiger partial charge in [-0.1, -0.05) is 12.1 Å². The number of rotatable bonds is 5.